The van der Waals surface area contributed by atoms with Crippen molar-refractivity contribution >= 4 is 30.0 Å². The van der Waals surface area contributed by atoms with Crippen molar-refractivity contribution in [3.8, 4) is 0 Å². The predicted molar refractivity (Wildman–Crippen MR) is 200 cm³/mol. The zero-order valence-electron chi connectivity index (χ0n) is 34.5. The van der Waals surface area contributed by atoms with Crippen LogP contribution in [0, 0.1) is 16.7 Å². The second-order valence-corrected chi connectivity index (χ2v) is 17.7. The van der Waals surface area contributed by atoms with Crippen molar-refractivity contribution in [2.24, 2.45) is 16.7 Å². The number of ether oxygens (including phenoxy) is 6. The van der Waals surface area contributed by atoms with E-state index in [2.05, 4.69) is 5.32 Å². The van der Waals surface area contributed by atoms with Gasteiger partial charge in [0.15, 0.2) is 17.8 Å². The fourth-order valence-corrected chi connectivity index (χ4v) is 9.52. The summed E-state index contributed by atoms with van der Waals surface area (Å²) in [7, 11) is 0. The molecule has 1 saturated heterocycles. The maximum atomic E-state index is 14.2. The Kier molecular flexibility index (Phi) is 12.3. The van der Waals surface area contributed by atoms with Crippen LogP contribution < -0.4 is 5.32 Å². The van der Waals surface area contributed by atoms with Crippen molar-refractivity contribution in [2.45, 2.75) is 154 Å². The number of aliphatic hydroxyl groups is 5. The van der Waals surface area contributed by atoms with Gasteiger partial charge in [-0.15, -0.1) is 0 Å². The Labute approximate surface area is 337 Å². The van der Waals surface area contributed by atoms with Crippen molar-refractivity contribution in [2.75, 3.05) is 6.61 Å². The van der Waals surface area contributed by atoms with Crippen LogP contribution in [0.3, 0.4) is 0 Å². The van der Waals surface area contributed by atoms with Gasteiger partial charge in [0.2, 0.25) is 0 Å². The molecule has 322 valence electrons. The first-order valence-corrected chi connectivity index (χ1v) is 19.3. The second kappa shape index (κ2) is 15.8. The molecule has 4 aliphatic rings. The number of esters is 4. The molecule has 5 rings (SSSR count). The molecule has 3 aliphatic carbocycles. The van der Waals surface area contributed by atoms with Crippen molar-refractivity contribution in [3.05, 3.63) is 47.0 Å². The van der Waals surface area contributed by atoms with Gasteiger partial charge in [-0.05, 0) is 57.9 Å². The van der Waals surface area contributed by atoms with E-state index < -0.39 is 125 Å². The number of hydrogen-bond donors (Lipinski definition) is 6. The highest BCUT2D eigenvalue weighted by molar-refractivity contribution is 5.89. The SMILES string of the molecule is CC(=O)O[C@@H]1C2=C(C)[C@@H](OC(=O)[C@H](O)[C@@H](NC(=O)OC(C)(C)C)[C@H](C)O)C[C@@](O)([C@@H](OC(=O)c3ccccc3)[C@@H]3[C@]4(OC(C)=O)CO[C@@H]4C[C@H](O)[C@@]3(C)[C@H]1O)C2(C)C. The number of carbonyl (C=O) groups is 5. The van der Waals surface area contributed by atoms with Crippen LogP contribution in [0.1, 0.15) is 92.4 Å². The van der Waals surface area contributed by atoms with E-state index >= 15 is 0 Å². The van der Waals surface area contributed by atoms with Crippen LogP contribution in [0.2, 0.25) is 0 Å². The molecule has 2 bridgehead atoms. The van der Waals surface area contributed by atoms with E-state index in [-0.39, 0.29) is 29.7 Å². The lowest BCUT2D eigenvalue weighted by Crippen LogP contribution is -2.82. The fourth-order valence-electron chi connectivity index (χ4n) is 9.52. The van der Waals surface area contributed by atoms with E-state index in [1.54, 1.807) is 52.8 Å². The molecule has 1 heterocycles. The third-order valence-electron chi connectivity index (χ3n) is 12.5. The summed E-state index contributed by atoms with van der Waals surface area (Å²) >= 11 is 0. The third-order valence-corrected chi connectivity index (χ3v) is 12.5. The van der Waals surface area contributed by atoms with Gasteiger partial charge in [-0.3, -0.25) is 9.59 Å². The number of benzene rings is 1. The van der Waals surface area contributed by atoms with Gasteiger partial charge in [0, 0.05) is 37.5 Å². The van der Waals surface area contributed by atoms with Crippen molar-refractivity contribution in [3.63, 3.8) is 0 Å². The molecule has 1 aromatic carbocycles. The van der Waals surface area contributed by atoms with Gasteiger partial charge in [-0.2, -0.15) is 0 Å². The van der Waals surface area contributed by atoms with Gasteiger partial charge in [0.1, 0.15) is 35.6 Å². The molecule has 1 aromatic rings. The summed E-state index contributed by atoms with van der Waals surface area (Å²) in [5.74, 6) is -5.38. The summed E-state index contributed by atoms with van der Waals surface area (Å²) in [4.78, 5) is 66.5. The highest BCUT2D eigenvalue weighted by atomic mass is 16.6. The smallest absolute Gasteiger partial charge is 0.408 e. The van der Waals surface area contributed by atoms with Crippen LogP contribution in [-0.4, -0.2) is 134 Å². The lowest BCUT2D eigenvalue weighted by Gasteiger charge is -2.69. The Morgan fingerprint density at radius 2 is 1.57 bits per heavy atom. The van der Waals surface area contributed by atoms with Gasteiger partial charge < -0.3 is 59.3 Å². The number of alkyl carbamates (subject to hydrolysis) is 1. The van der Waals surface area contributed by atoms with Crippen LogP contribution in [0.25, 0.3) is 0 Å². The van der Waals surface area contributed by atoms with Gasteiger partial charge >= 0.3 is 30.0 Å². The Morgan fingerprint density at radius 1 is 0.948 bits per heavy atom. The van der Waals surface area contributed by atoms with Gasteiger partial charge in [-0.25, -0.2) is 14.4 Å². The van der Waals surface area contributed by atoms with Crippen LogP contribution in [0.5, 0.6) is 0 Å². The minimum Gasteiger partial charge on any atom is -0.456 e. The first kappa shape index (κ1) is 45.0. The molecule has 58 heavy (non-hydrogen) atoms. The zero-order valence-corrected chi connectivity index (χ0v) is 34.5. The molecule has 1 aliphatic heterocycles. The highest BCUT2D eigenvalue weighted by Crippen LogP contribution is 2.65. The van der Waals surface area contributed by atoms with E-state index in [0.29, 0.717) is 0 Å². The van der Waals surface area contributed by atoms with Crippen molar-refractivity contribution < 1.29 is 77.9 Å². The second-order valence-electron chi connectivity index (χ2n) is 17.7. The van der Waals surface area contributed by atoms with Gasteiger partial charge in [0.05, 0.1) is 36.3 Å². The molecule has 13 atom stereocenters. The van der Waals surface area contributed by atoms with Gasteiger partial charge in [0.25, 0.3) is 0 Å². The van der Waals surface area contributed by atoms with E-state index in [1.165, 1.54) is 32.9 Å². The number of hydrogen-bond acceptors (Lipinski definition) is 16. The maximum absolute atomic E-state index is 14.2. The topological polar surface area (TPSA) is 254 Å². The Morgan fingerprint density at radius 3 is 2.09 bits per heavy atom. The van der Waals surface area contributed by atoms with E-state index in [4.69, 9.17) is 28.4 Å². The highest BCUT2D eigenvalue weighted by Gasteiger charge is 2.78. The molecule has 6 N–H and O–H groups in total. The first-order chi connectivity index (χ1) is 26.7. The summed E-state index contributed by atoms with van der Waals surface area (Å²) in [6.45, 7) is 14.1. The number of carbonyl (C=O) groups excluding carboxylic acids is 5. The van der Waals surface area contributed by atoms with E-state index in [0.717, 1.165) is 13.8 Å². The summed E-state index contributed by atoms with van der Waals surface area (Å²) in [6, 6.07) is 6.18. The van der Waals surface area contributed by atoms with Crippen LogP contribution >= 0.6 is 0 Å². The Hall–Kier alpha value is -4.13. The zero-order chi connectivity index (χ0) is 43.5. The van der Waals surface area contributed by atoms with Crippen LogP contribution in [0.4, 0.5) is 4.79 Å². The Balaban J connectivity index is 1.72. The Bertz CT molecular complexity index is 1810. The number of aliphatic hydroxyl groups excluding tert-OH is 4. The molecule has 0 radical (unpaired) electrons. The average Bonchev–Trinajstić information content (AvgIpc) is 3.10. The van der Waals surface area contributed by atoms with Crippen molar-refractivity contribution in [1.29, 1.82) is 0 Å². The summed E-state index contributed by atoms with van der Waals surface area (Å²) in [5, 5.41) is 62.3. The molecule has 0 unspecified atom stereocenters. The van der Waals surface area contributed by atoms with E-state index in [1.807, 2.05) is 0 Å². The lowest BCUT2D eigenvalue weighted by molar-refractivity contribution is -0.365. The van der Waals surface area contributed by atoms with Gasteiger partial charge in [-0.1, -0.05) is 39.0 Å². The molecule has 17 heteroatoms. The summed E-state index contributed by atoms with van der Waals surface area (Å²) in [5.41, 5.74) is -8.27. The number of nitrogens with one attached hydrogen (secondary N) is 1. The molecule has 0 spiro atoms. The van der Waals surface area contributed by atoms with E-state index in [9.17, 15) is 49.5 Å². The fraction of sp³-hybridized carbons (Fsp3) is 0.683. The summed E-state index contributed by atoms with van der Waals surface area (Å²) < 4.78 is 35.3. The molecule has 17 nitrogen and oxygen atoms in total. The average molecular weight is 820 g/mol. The number of fused-ring (bicyclic) bond motifs is 5. The third kappa shape index (κ3) is 7.72. The lowest BCUT2D eigenvalue weighted by atomic mass is 9.44. The quantitative estimate of drug-likeness (QED) is 0.118. The largest absolute Gasteiger partial charge is 0.456 e. The standard InChI is InChI=1S/C41H57NO16/c1-19-24(55-35(50)29(47)28(20(2)43)42-36(51)58-37(5,6)7)17-41(52)33(56-34(49)23-14-12-11-13-15-23)31-39(10,25(46)16-26-40(31,18-53-26)57-22(4)45)32(48)30(54-21(3)44)27(19)38(41,8)9/h11-15,20,24-26,28-33,43,46-48,52H,16-18H2,1-10H3,(H,42,51)/t20-,24-,25-,26+,28-,29+,30+,31-,32-,33-,39+,40-,41+/m0/s1. The van der Waals surface area contributed by atoms with Crippen molar-refractivity contribution in [1.82, 2.24) is 5.32 Å². The molecule has 0 aromatic heterocycles. The maximum Gasteiger partial charge on any atom is 0.408 e. The molecular formula is C41H57NO16. The summed E-state index contributed by atoms with van der Waals surface area (Å²) in [6.07, 6.45) is -14.8. The normalized spacial score (nSPS) is 35.5. The number of rotatable bonds is 9. The molecule has 2 saturated carbocycles. The predicted octanol–water partition coefficient (Wildman–Crippen LogP) is 1.63. The molecule has 3 fully saturated rings. The van der Waals surface area contributed by atoms with Crippen LogP contribution in [0.15, 0.2) is 41.5 Å². The first-order valence-electron chi connectivity index (χ1n) is 19.3. The molecular weight excluding hydrogens is 762 g/mol. The minimum absolute atomic E-state index is 0.0522. The number of amides is 1. The minimum atomic E-state index is -2.38. The molecule has 1 amide bonds. The van der Waals surface area contributed by atoms with Crippen LogP contribution in [-0.2, 0) is 42.8 Å². The monoisotopic (exact) mass is 819 g/mol.